The molecule has 0 aliphatic heterocycles. The number of fused-ring (bicyclic) bond motifs is 2. The van der Waals surface area contributed by atoms with Crippen molar-refractivity contribution >= 4 is 11.4 Å². The van der Waals surface area contributed by atoms with Crippen molar-refractivity contribution in [1.29, 1.82) is 0 Å². The Balaban J connectivity index is 1.97. The number of nitro groups is 1. The molecule has 2 aliphatic carbocycles. The van der Waals surface area contributed by atoms with E-state index in [1.165, 1.54) is 19.3 Å². The molecule has 1 aromatic rings. The first-order valence-electron chi connectivity index (χ1n) is 7.76. The Kier molecular flexibility index (Phi) is 3.05. The lowest BCUT2D eigenvalue weighted by Crippen LogP contribution is -2.45. The lowest BCUT2D eigenvalue weighted by molar-refractivity contribution is -0.384. The van der Waals surface area contributed by atoms with Gasteiger partial charge in [-0.3, -0.25) is 10.1 Å². The van der Waals surface area contributed by atoms with Gasteiger partial charge in [0.15, 0.2) is 0 Å². The van der Waals surface area contributed by atoms with Crippen LogP contribution in [0.2, 0.25) is 0 Å². The van der Waals surface area contributed by atoms with Gasteiger partial charge in [0.1, 0.15) is 5.69 Å². The van der Waals surface area contributed by atoms with Gasteiger partial charge >= 0.3 is 0 Å². The molecule has 4 nitrogen and oxygen atoms in total. The molecule has 3 atom stereocenters. The van der Waals surface area contributed by atoms with E-state index in [0.717, 1.165) is 11.5 Å². The molecule has 1 aromatic carbocycles. The Morgan fingerprint density at radius 2 is 2.05 bits per heavy atom. The second-order valence-electron chi connectivity index (χ2n) is 7.77. The smallest absolute Gasteiger partial charge is 0.292 e. The van der Waals surface area contributed by atoms with Crippen molar-refractivity contribution < 1.29 is 4.92 Å². The zero-order valence-corrected chi connectivity index (χ0v) is 13.3. The summed E-state index contributed by atoms with van der Waals surface area (Å²) in [4.78, 5) is 11.0. The van der Waals surface area contributed by atoms with Crippen LogP contribution in [-0.2, 0) is 0 Å². The Bertz CT molecular complexity index is 592. The van der Waals surface area contributed by atoms with Crippen LogP contribution < -0.4 is 5.32 Å². The van der Waals surface area contributed by atoms with Crippen LogP contribution in [-0.4, -0.2) is 11.0 Å². The van der Waals surface area contributed by atoms with Crippen LogP contribution in [0.3, 0.4) is 0 Å². The first-order valence-corrected chi connectivity index (χ1v) is 7.76. The van der Waals surface area contributed by atoms with Gasteiger partial charge < -0.3 is 5.32 Å². The third kappa shape index (κ3) is 2.12. The first kappa shape index (κ1) is 14.4. The summed E-state index contributed by atoms with van der Waals surface area (Å²) in [6.45, 7) is 8.92. The molecule has 2 bridgehead atoms. The molecule has 2 fully saturated rings. The van der Waals surface area contributed by atoms with E-state index in [1.54, 1.807) is 12.1 Å². The lowest BCUT2D eigenvalue weighted by Gasteiger charge is -2.43. The van der Waals surface area contributed by atoms with E-state index in [1.807, 2.05) is 13.0 Å². The van der Waals surface area contributed by atoms with Gasteiger partial charge in [-0.2, -0.15) is 0 Å². The van der Waals surface area contributed by atoms with E-state index in [-0.39, 0.29) is 21.4 Å². The van der Waals surface area contributed by atoms with Crippen LogP contribution >= 0.6 is 0 Å². The maximum Gasteiger partial charge on any atom is 0.292 e. The van der Waals surface area contributed by atoms with E-state index in [0.29, 0.717) is 11.7 Å². The molecule has 2 aliphatic rings. The van der Waals surface area contributed by atoms with Crippen LogP contribution in [0.1, 0.15) is 45.6 Å². The summed E-state index contributed by atoms with van der Waals surface area (Å²) in [5.41, 5.74) is 2.35. The van der Waals surface area contributed by atoms with Gasteiger partial charge in [-0.15, -0.1) is 0 Å². The highest BCUT2D eigenvalue weighted by atomic mass is 16.6. The zero-order chi connectivity index (χ0) is 15.4. The van der Waals surface area contributed by atoms with Crippen LogP contribution in [0.4, 0.5) is 11.4 Å². The number of hydrogen-bond acceptors (Lipinski definition) is 3. The molecule has 4 heteroatoms. The number of nitrogens with zero attached hydrogens (tertiary/aromatic N) is 1. The van der Waals surface area contributed by atoms with Gasteiger partial charge in [-0.05, 0) is 54.6 Å². The van der Waals surface area contributed by atoms with Crippen molar-refractivity contribution in [2.45, 2.75) is 53.0 Å². The molecule has 1 N–H and O–H groups in total. The van der Waals surface area contributed by atoms with Crippen molar-refractivity contribution in [3.63, 3.8) is 0 Å². The quantitative estimate of drug-likeness (QED) is 0.656. The fourth-order valence-corrected chi connectivity index (χ4v) is 4.74. The highest BCUT2D eigenvalue weighted by Crippen LogP contribution is 2.63. The largest absolute Gasteiger partial charge is 0.376 e. The number of nitro benzene ring substituents is 1. The van der Waals surface area contributed by atoms with Crippen molar-refractivity contribution in [3.05, 3.63) is 33.9 Å². The Labute approximate surface area is 126 Å². The summed E-state index contributed by atoms with van der Waals surface area (Å²) in [6, 6.07) is 5.62. The highest BCUT2D eigenvalue weighted by molar-refractivity contribution is 5.63. The van der Waals surface area contributed by atoms with Gasteiger partial charge in [0, 0.05) is 12.1 Å². The predicted molar refractivity (Wildman–Crippen MR) is 84.5 cm³/mol. The summed E-state index contributed by atoms with van der Waals surface area (Å²) in [5, 5.41) is 14.8. The van der Waals surface area contributed by atoms with Crippen molar-refractivity contribution in [2.24, 2.45) is 16.7 Å². The Morgan fingerprint density at radius 1 is 1.33 bits per heavy atom. The third-order valence-corrected chi connectivity index (χ3v) is 5.92. The SMILES string of the molecule is Cc1ccc([N+](=O)[O-])c(NC2C3(C)CCC(C3)C2(C)C)c1. The number of anilines is 1. The predicted octanol–water partition coefficient (Wildman–Crippen LogP) is 4.53. The normalized spacial score (nSPS) is 33.1. The van der Waals surface area contributed by atoms with Crippen molar-refractivity contribution in [3.8, 4) is 0 Å². The molecular formula is C17H24N2O2. The summed E-state index contributed by atoms with van der Waals surface area (Å²) >= 11 is 0. The monoisotopic (exact) mass is 288 g/mol. The van der Waals surface area contributed by atoms with Gasteiger partial charge in [0.05, 0.1) is 4.92 Å². The Morgan fingerprint density at radius 3 is 2.62 bits per heavy atom. The average molecular weight is 288 g/mol. The molecule has 114 valence electrons. The zero-order valence-electron chi connectivity index (χ0n) is 13.3. The molecule has 0 aromatic heterocycles. The Hall–Kier alpha value is -1.58. The fourth-order valence-electron chi connectivity index (χ4n) is 4.74. The molecule has 2 saturated carbocycles. The summed E-state index contributed by atoms with van der Waals surface area (Å²) in [5.74, 6) is 0.726. The van der Waals surface area contributed by atoms with E-state index in [2.05, 4.69) is 26.1 Å². The van der Waals surface area contributed by atoms with E-state index >= 15 is 0 Å². The number of aryl methyl sites for hydroxylation is 1. The minimum atomic E-state index is -0.287. The molecule has 0 amide bonds. The molecule has 0 spiro atoms. The summed E-state index contributed by atoms with van der Waals surface area (Å²) in [7, 11) is 0. The van der Waals surface area contributed by atoms with Gasteiger partial charge in [-0.25, -0.2) is 0 Å². The minimum absolute atomic E-state index is 0.183. The van der Waals surface area contributed by atoms with E-state index in [4.69, 9.17) is 0 Å². The topological polar surface area (TPSA) is 55.2 Å². The maximum absolute atomic E-state index is 11.3. The minimum Gasteiger partial charge on any atom is -0.376 e. The van der Waals surface area contributed by atoms with Gasteiger partial charge in [-0.1, -0.05) is 26.8 Å². The molecule has 3 unspecified atom stereocenters. The lowest BCUT2D eigenvalue weighted by atomic mass is 9.68. The second kappa shape index (κ2) is 4.46. The fraction of sp³-hybridized carbons (Fsp3) is 0.647. The van der Waals surface area contributed by atoms with E-state index in [9.17, 15) is 10.1 Å². The molecule has 21 heavy (non-hydrogen) atoms. The second-order valence-corrected chi connectivity index (χ2v) is 7.77. The summed E-state index contributed by atoms with van der Waals surface area (Å²) < 4.78 is 0. The van der Waals surface area contributed by atoms with Crippen LogP contribution in [0.5, 0.6) is 0 Å². The van der Waals surface area contributed by atoms with Crippen LogP contribution in [0, 0.1) is 33.8 Å². The number of hydrogen-bond donors (Lipinski definition) is 1. The molecule has 0 heterocycles. The highest BCUT2D eigenvalue weighted by Gasteiger charge is 2.59. The number of rotatable bonds is 3. The van der Waals surface area contributed by atoms with Crippen molar-refractivity contribution in [2.75, 3.05) is 5.32 Å². The molecule has 3 rings (SSSR count). The maximum atomic E-state index is 11.3. The van der Waals surface area contributed by atoms with E-state index < -0.39 is 0 Å². The number of benzene rings is 1. The molecular weight excluding hydrogens is 264 g/mol. The van der Waals surface area contributed by atoms with Crippen LogP contribution in [0.25, 0.3) is 0 Å². The average Bonchev–Trinajstić information content (AvgIpc) is 2.85. The third-order valence-electron chi connectivity index (χ3n) is 5.92. The standard InChI is InChI=1S/C17H24N2O2/c1-11-5-6-14(19(20)21)13(9-11)18-15-16(2,3)12-7-8-17(15,4)10-12/h5-6,9,12,15,18H,7-8,10H2,1-4H3. The first-order chi connectivity index (χ1) is 9.74. The summed E-state index contributed by atoms with van der Waals surface area (Å²) in [6.07, 6.45) is 3.74. The molecule has 0 radical (unpaired) electrons. The van der Waals surface area contributed by atoms with Gasteiger partial charge in [0.25, 0.3) is 5.69 Å². The van der Waals surface area contributed by atoms with Crippen molar-refractivity contribution in [1.82, 2.24) is 0 Å². The van der Waals surface area contributed by atoms with Crippen LogP contribution in [0.15, 0.2) is 18.2 Å². The van der Waals surface area contributed by atoms with Gasteiger partial charge in [0.2, 0.25) is 0 Å². The number of nitrogens with one attached hydrogen (secondary N) is 1. The molecule has 0 saturated heterocycles.